The van der Waals surface area contributed by atoms with Crippen molar-refractivity contribution in [1.82, 2.24) is 9.88 Å². The van der Waals surface area contributed by atoms with E-state index in [0.29, 0.717) is 18.2 Å². The van der Waals surface area contributed by atoms with Crippen LogP contribution < -0.4 is 5.73 Å². The molecule has 3 N–H and O–H groups in total. The molecule has 0 radical (unpaired) electrons. The van der Waals surface area contributed by atoms with Crippen molar-refractivity contribution in [2.45, 2.75) is 25.1 Å². The van der Waals surface area contributed by atoms with E-state index in [4.69, 9.17) is 10.5 Å². The summed E-state index contributed by atoms with van der Waals surface area (Å²) in [5.41, 5.74) is 6.65. The summed E-state index contributed by atoms with van der Waals surface area (Å²) in [6, 6.07) is 9.99. The molecule has 2 aromatic rings. The maximum Gasteiger partial charge on any atom is 0.180 e. The first-order chi connectivity index (χ1) is 10.7. The van der Waals surface area contributed by atoms with E-state index in [-0.39, 0.29) is 6.04 Å². The van der Waals surface area contributed by atoms with Crippen molar-refractivity contribution in [3.8, 4) is 0 Å². The highest BCUT2D eigenvalue weighted by molar-refractivity contribution is 7.15. The molecule has 1 aliphatic heterocycles. The molecule has 1 saturated heterocycles. The van der Waals surface area contributed by atoms with Crippen LogP contribution in [-0.4, -0.2) is 40.8 Å². The van der Waals surface area contributed by atoms with Crippen LogP contribution in [0.3, 0.4) is 0 Å². The van der Waals surface area contributed by atoms with E-state index in [1.54, 1.807) is 0 Å². The number of ether oxygens (including phenoxy) is 1. The average molecular weight is 319 g/mol. The fraction of sp³-hybridized carbons (Fsp3) is 0.438. The maximum absolute atomic E-state index is 10.4. The standard InChI is InChI=1S/C16H21N3O2S/c17-16-18-9-14(22-16)10-19-6-7-21-11-13(19)8-15(20)12-4-2-1-3-5-12/h1-5,9,13,15,20H,6-8,10-11H2,(H2,17,18). The molecule has 1 aromatic heterocycles. The van der Waals surface area contributed by atoms with Crippen LogP contribution in [0.2, 0.25) is 0 Å². The van der Waals surface area contributed by atoms with Gasteiger partial charge in [0.1, 0.15) is 0 Å². The Morgan fingerprint density at radius 3 is 2.95 bits per heavy atom. The normalized spacial score (nSPS) is 20.9. The molecule has 1 fully saturated rings. The van der Waals surface area contributed by atoms with Gasteiger partial charge in [-0.05, 0) is 12.0 Å². The molecule has 6 heteroatoms. The lowest BCUT2D eigenvalue weighted by atomic mass is 10.0. The van der Waals surface area contributed by atoms with Crippen LogP contribution in [0.5, 0.6) is 0 Å². The second-order valence-corrected chi connectivity index (χ2v) is 6.67. The molecule has 2 unspecified atom stereocenters. The number of anilines is 1. The smallest absolute Gasteiger partial charge is 0.180 e. The number of nitrogens with zero attached hydrogens (tertiary/aromatic N) is 2. The fourth-order valence-corrected chi connectivity index (χ4v) is 3.49. The molecule has 1 aromatic carbocycles. The van der Waals surface area contributed by atoms with Gasteiger partial charge in [-0.15, -0.1) is 11.3 Å². The average Bonchev–Trinajstić information content (AvgIpc) is 2.95. The SMILES string of the molecule is Nc1ncc(CN2CCOCC2CC(O)c2ccccc2)s1. The predicted molar refractivity (Wildman–Crippen MR) is 87.6 cm³/mol. The van der Waals surface area contributed by atoms with Crippen LogP contribution in [0.1, 0.15) is 23.0 Å². The van der Waals surface area contributed by atoms with Gasteiger partial charge in [0.2, 0.25) is 0 Å². The molecule has 0 aliphatic carbocycles. The molecule has 22 heavy (non-hydrogen) atoms. The van der Waals surface area contributed by atoms with Crippen molar-refractivity contribution in [2.24, 2.45) is 0 Å². The van der Waals surface area contributed by atoms with E-state index in [1.165, 1.54) is 11.3 Å². The minimum absolute atomic E-state index is 0.201. The van der Waals surface area contributed by atoms with E-state index >= 15 is 0 Å². The van der Waals surface area contributed by atoms with Gasteiger partial charge >= 0.3 is 0 Å². The van der Waals surface area contributed by atoms with Crippen molar-refractivity contribution in [3.63, 3.8) is 0 Å². The highest BCUT2D eigenvalue weighted by atomic mass is 32.1. The Morgan fingerprint density at radius 2 is 2.23 bits per heavy atom. The number of rotatable bonds is 5. The van der Waals surface area contributed by atoms with Crippen LogP contribution in [-0.2, 0) is 11.3 Å². The summed E-state index contributed by atoms with van der Waals surface area (Å²) in [6.07, 6.45) is 2.03. The second-order valence-electron chi connectivity index (χ2n) is 5.53. The zero-order valence-electron chi connectivity index (χ0n) is 12.4. The van der Waals surface area contributed by atoms with Gasteiger partial charge in [0.25, 0.3) is 0 Å². The molecule has 0 amide bonds. The van der Waals surface area contributed by atoms with Gasteiger partial charge in [-0.3, -0.25) is 4.90 Å². The molecule has 0 saturated carbocycles. The Hall–Kier alpha value is -1.47. The topological polar surface area (TPSA) is 71.6 Å². The molecule has 1 aliphatic rings. The number of nitrogen functional groups attached to an aromatic ring is 1. The first-order valence-corrected chi connectivity index (χ1v) is 8.29. The Labute approximate surface area is 134 Å². The predicted octanol–water partition coefficient (Wildman–Crippen LogP) is 2.05. The van der Waals surface area contributed by atoms with Crippen molar-refractivity contribution in [1.29, 1.82) is 0 Å². The molecular weight excluding hydrogens is 298 g/mol. The van der Waals surface area contributed by atoms with Gasteiger partial charge in [0.05, 0.1) is 19.3 Å². The third-order valence-corrected chi connectivity index (χ3v) is 4.77. The molecule has 5 nitrogen and oxygen atoms in total. The minimum atomic E-state index is -0.470. The quantitative estimate of drug-likeness (QED) is 0.882. The Morgan fingerprint density at radius 1 is 1.41 bits per heavy atom. The number of aliphatic hydroxyl groups excluding tert-OH is 1. The van der Waals surface area contributed by atoms with E-state index in [1.807, 2.05) is 36.5 Å². The van der Waals surface area contributed by atoms with Crippen LogP contribution in [0, 0.1) is 0 Å². The van der Waals surface area contributed by atoms with Crippen molar-refractivity contribution in [2.75, 3.05) is 25.5 Å². The van der Waals surface area contributed by atoms with Crippen LogP contribution >= 0.6 is 11.3 Å². The van der Waals surface area contributed by atoms with E-state index < -0.39 is 6.10 Å². The van der Waals surface area contributed by atoms with Crippen molar-refractivity contribution < 1.29 is 9.84 Å². The summed E-state index contributed by atoms with van der Waals surface area (Å²) in [5.74, 6) is 0. The van der Waals surface area contributed by atoms with Gasteiger partial charge in [-0.1, -0.05) is 30.3 Å². The summed E-state index contributed by atoms with van der Waals surface area (Å²) < 4.78 is 5.60. The number of hydrogen-bond donors (Lipinski definition) is 2. The lowest BCUT2D eigenvalue weighted by Crippen LogP contribution is -2.45. The van der Waals surface area contributed by atoms with Crippen LogP contribution in [0.15, 0.2) is 36.5 Å². The summed E-state index contributed by atoms with van der Waals surface area (Å²) in [6.45, 7) is 3.05. The molecule has 2 heterocycles. The Kier molecular flexibility index (Phi) is 5.04. The Bertz CT molecular complexity index is 590. The molecule has 0 bridgehead atoms. The van der Waals surface area contributed by atoms with E-state index in [0.717, 1.165) is 30.1 Å². The number of hydrogen-bond acceptors (Lipinski definition) is 6. The third kappa shape index (κ3) is 3.84. The highest BCUT2D eigenvalue weighted by Crippen LogP contribution is 2.25. The van der Waals surface area contributed by atoms with Gasteiger partial charge in [-0.25, -0.2) is 4.98 Å². The number of aromatic nitrogens is 1. The molecule has 118 valence electrons. The van der Waals surface area contributed by atoms with Gasteiger partial charge in [0, 0.05) is 30.2 Å². The van der Waals surface area contributed by atoms with Crippen LogP contribution in [0.4, 0.5) is 5.13 Å². The first kappa shape index (κ1) is 15.4. The number of nitrogens with two attached hydrogens (primary N) is 1. The minimum Gasteiger partial charge on any atom is -0.388 e. The van der Waals surface area contributed by atoms with E-state index in [9.17, 15) is 5.11 Å². The lowest BCUT2D eigenvalue weighted by molar-refractivity contribution is -0.0296. The van der Waals surface area contributed by atoms with Gasteiger partial charge < -0.3 is 15.6 Å². The number of morpholine rings is 1. The van der Waals surface area contributed by atoms with E-state index in [2.05, 4.69) is 9.88 Å². The van der Waals surface area contributed by atoms with Crippen molar-refractivity contribution >= 4 is 16.5 Å². The van der Waals surface area contributed by atoms with Gasteiger partial charge in [-0.2, -0.15) is 0 Å². The summed E-state index contributed by atoms with van der Waals surface area (Å²) in [7, 11) is 0. The monoisotopic (exact) mass is 319 g/mol. The number of benzene rings is 1. The Balaban J connectivity index is 1.64. The highest BCUT2D eigenvalue weighted by Gasteiger charge is 2.26. The third-order valence-electron chi connectivity index (χ3n) is 3.96. The number of thiazole rings is 1. The molecule has 3 rings (SSSR count). The fourth-order valence-electron chi connectivity index (χ4n) is 2.78. The maximum atomic E-state index is 10.4. The van der Waals surface area contributed by atoms with Gasteiger partial charge in [0.15, 0.2) is 5.13 Å². The van der Waals surface area contributed by atoms with Crippen LogP contribution in [0.25, 0.3) is 0 Å². The molecular formula is C16H21N3O2S. The summed E-state index contributed by atoms with van der Waals surface area (Å²) >= 11 is 1.52. The first-order valence-electron chi connectivity index (χ1n) is 7.47. The molecule has 0 spiro atoms. The molecule has 2 atom stereocenters. The zero-order chi connectivity index (χ0) is 15.4. The van der Waals surface area contributed by atoms with Crippen molar-refractivity contribution in [3.05, 3.63) is 47.0 Å². The lowest BCUT2D eigenvalue weighted by Gasteiger charge is -2.36. The zero-order valence-corrected chi connectivity index (χ0v) is 13.2. The largest absolute Gasteiger partial charge is 0.388 e. The summed E-state index contributed by atoms with van der Waals surface area (Å²) in [5, 5.41) is 11.0. The second kappa shape index (κ2) is 7.19. The summed E-state index contributed by atoms with van der Waals surface area (Å²) in [4.78, 5) is 7.61. The number of aliphatic hydroxyl groups is 1.